The fourth-order valence-electron chi connectivity index (χ4n) is 3.16. The monoisotopic (exact) mass is 333 g/mol. The highest BCUT2D eigenvalue weighted by atomic mass is 32.2. The van der Waals surface area contributed by atoms with Gasteiger partial charge in [0.05, 0.1) is 0 Å². The number of nitrogens with zero attached hydrogens (tertiary/aromatic N) is 2. The number of urea groups is 1. The summed E-state index contributed by atoms with van der Waals surface area (Å²) < 4.78 is 11.4. The van der Waals surface area contributed by atoms with Crippen molar-refractivity contribution in [2.24, 2.45) is 0 Å². The summed E-state index contributed by atoms with van der Waals surface area (Å²) in [7, 11) is -0.993. The molecule has 0 saturated carbocycles. The number of hydrogen-bond acceptors (Lipinski definition) is 3. The van der Waals surface area contributed by atoms with Crippen LogP contribution in [0.15, 0.2) is 41.3 Å². The second kappa shape index (κ2) is 7.27. The smallest absolute Gasteiger partial charge is 0.321 e. The largest absolute Gasteiger partial charge is 0.324 e. The molecule has 23 heavy (non-hydrogen) atoms. The maximum atomic E-state index is 12.3. The van der Waals surface area contributed by atoms with Crippen LogP contribution in [0.5, 0.6) is 0 Å². The van der Waals surface area contributed by atoms with Crippen molar-refractivity contribution < 1.29 is 9.00 Å². The van der Waals surface area contributed by atoms with Gasteiger partial charge >= 0.3 is 6.03 Å². The van der Waals surface area contributed by atoms with Crippen molar-refractivity contribution in [3.63, 3.8) is 0 Å². The third kappa shape index (κ3) is 4.00. The number of hydrogen-bond donors (Lipinski definition) is 1. The molecule has 1 saturated heterocycles. The van der Waals surface area contributed by atoms with E-state index in [4.69, 9.17) is 0 Å². The van der Waals surface area contributed by atoms with Crippen LogP contribution in [0.3, 0.4) is 0 Å². The number of likely N-dealkylation sites (tertiary alicyclic amines) is 1. The second-order valence-electron chi connectivity index (χ2n) is 6.05. The van der Waals surface area contributed by atoms with E-state index in [1.54, 1.807) is 30.5 Å². The van der Waals surface area contributed by atoms with Gasteiger partial charge in [0, 0.05) is 59.9 Å². The summed E-state index contributed by atoms with van der Waals surface area (Å²) in [5, 5.41) is 2.92. The van der Waals surface area contributed by atoms with Crippen molar-refractivity contribution in [1.82, 2.24) is 9.80 Å². The molecule has 1 atom stereocenters. The van der Waals surface area contributed by atoms with Gasteiger partial charge in [-0.05, 0) is 37.1 Å². The SMILES string of the molecule is CS(=O)c1ccc(NC(=O)N2CCC(N3CC=CC3)CC2)cc1. The van der Waals surface area contributed by atoms with Gasteiger partial charge in [0.1, 0.15) is 0 Å². The number of nitrogens with one attached hydrogen (secondary N) is 1. The molecule has 2 aliphatic heterocycles. The highest BCUT2D eigenvalue weighted by Crippen LogP contribution is 2.20. The summed E-state index contributed by atoms with van der Waals surface area (Å²) in [6, 6.07) is 7.73. The average molecular weight is 333 g/mol. The maximum Gasteiger partial charge on any atom is 0.321 e. The summed E-state index contributed by atoms with van der Waals surface area (Å²) in [6.45, 7) is 3.68. The van der Waals surface area contributed by atoms with Crippen molar-refractivity contribution in [3.05, 3.63) is 36.4 Å². The van der Waals surface area contributed by atoms with Gasteiger partial charge < -0.3 is 10.2 Å². The Balaban J connectivity index is 1.50. The Morgan fingerprint density at radius 3 is 2.30 bits per heavy atom. The van der Waals surface area contributed by atoms with E-state index in [9.17, 15) is 9.00 Å². The molecule has 0 bridgehead atoms. The number of benzene rings is 1. The molecule has 1 aromatic carbocycles. The number of amides is 2. The standard InChI is InChI=1S/C17H23N3O2S/c1-23(22)16-6-4-14(5-7-16)18-17(21)20-12-8-15(9-13-20)19-10-2-3-11-19/h2-7,15H,8-13H2,1H3,(H,18,21). The van der Waals surface area contributed by atoms with E-state index in [0.29, 0.717) is 6.04 Å². The minimum absolute atomic E-state index is 0.0478. The number of carbonyl (C=O) groups excluding carboxylic acids is 1. The minimum Gasteiger partial charge on any atom is -0.324 e. The van der Waals surface area contributed by atoms with Crippen molar-refractivity contribution in [2.45, 2.75) is 23.8 Å². The molecule has 1 aromatic rings. The summed E-state index contributed by atoms with van der Waals surface area (Å²) >= 11 is 0. The number of piperidine rings is 1. The summed E-state index contributed by atoms with van der Waals surface area (Å²) in [4.78, 5) is 17.5. The average Bonchev–Trinajstić information content (AvgIpc) is 3.10. The quantitative estimate of drug-likeness (QED) is 0.864. The normalized spacial score (nSPS) is 20.7. The summed E-state index contributed by atoms with van der Waals surface area (Å²) in [6.07, 6.45) is 8.14. The molecule has 0 spiro atoms. The lowest BCUT2D eigenvalue weighted by Crippen LogP contribution is -2.47. The van der Waals surface area contributed by atoms with Crippen LogP contribution < -0.4 is 5.32 Å². The van der Waals surface area contributed by atoms with Gasteiger partial charge in [-0.3, -0.25) is 9.11 Å². The van der Waals surface area contributed by atoms with Gasteiger partial charge in [-0.25, -0.2) is 4.79 Å². The van der Waals surface area contributed by atoms with Crippen molar-refractivity contribution >= 4 is 22.5 Å². The maximum absolute atomic E-state index is 12.3. The molecule has 1 unspecified atom stereocenters. The molecule has 5 nitrogen and oxygen atoms in total. The van der Waals surface area contributed by atoms with Crippen molar-refractivity contribution in [2.75, 3.05) is 37.8 Å². The molecule has 0 radical (unpaired) electrons. The highest BCUT2D eigenvalue weighted by molar-refractivity contribution is 7.84. The molecule has 2 amide bonds. The van der Waals surface area contributed by atoms with Gasteiger partial charge in [0.15, 0.2) is 0 Å². The molecule has 6 heteroatoms. The molecule has 3 rings (SSSR count). The van der Waals surface area contributed by atoms with Crippen LogP contribution in [0.2, 0.25) is 0 Å². The Morgan fingerprint density at radius 1 is 1.13 bits per heavy atom. The van der Waals surface area contributed by atoms with Gasteiger partial charge in [0.25, 0.3) is 0 Å². The van der Waals surface area contributed by atoms with E-state index in [2.05, 4.69) is 22.4 Å². The van der Waals surface area contributed by atoms with E-state index in [1.807, 2.05) is 4.90 Å². The van der Waals surface area contributed by atoms with Crippen molar-refractivity contribution in [3.8, 4) is 0 Å². The highest BCUT2D eigenvalue weighted by Gasteiger charge is 2.27. The predicted octanol–water partition coefficient (Wildman–Crippen LogP) is 2.29. The molecule has 2 heterocycles. The fraction of sp³-hybridized carbons (Fsp3) is 0.471. The van der Waals surface area contributed by atoms with Crippen LogP contribution in [0, 0.1) is 0 Å². The Bertz CT molecular complexity index is 599. The third-order valence-corrected chi connectivity index (χ3v) is 5.49. The first-order chi connectivity index (χ1) is 11.1. The molecule has 1 N–H and O–H groups in total. The van der Waals surface area contributed by atoms with E-state index in [-0.39, 0.29) is 6.03 Å². The van der Waals surface area contributed by atoms with Gasteiger partial charge in [0.2, 0.25) is 0 Å². The zero-order valence-corrected chi connectivity index (χ0v) is 14.2. The predicted molar refractivity (Wildman–Crippen MR) is 93.1 cm³/mol. The van der Waals surface area contributed by atoms with E-state index in [1.165, 1.54) is 0 Å². The van der Waals surface area contributed by atoms with Crippen molar-refractivity contribution in [1.29, 1.82) is 0 Å². The van der Waals surface area contributed by atoms with Crippen LogP contribution in [0.4, 0.5) is 10.5 Å². The first-order valence-electron chi connectivity index (χ1n) is 8.02. The second-order valence-corrected chi connectivity index (χ2v) is 7.43. The first kappa shape index (κ1) is 16.2. The molecule has 2 aliphatic rings. The number of rotatable bonds is 3. The lowest BCUT2D eigenvalue weighted by molar-refractivity contribution is 0.144. The van der Waals surface area contributed by atoms with Crippen LogP contribution in [0.25, 0.3) is 0 Å². The Kier molecular flexibility index (Phi) is 5.13. The first-order valence-corrected chi connectivity index (χ1v) is 9.58. The van der Waals surface area contributed by atoms with E-state index < -0.39 is 10.8 Å². The Morgan fingerprint density at radius 2 is 1.74 bits per heavy atom. The van der Waals surface area contributed by atoms with Crippen LogP contribution in [-0.4, -0.2) is 58.5 Å². The summed E-state index contributed by atoms with van der Waals surface area (Å²) in [5.41, 5.74) is 0.745. The summed E-state index contributed by atoms with van der Waals surface area (Å²) in [5.74, 6) is 0. The Hall–Kier alpha value is -1.66. The lowest BCUT2D eigenvalue weighted by atomic mass is 10.0. The van der Waals surface area contributed by atoms with Gasteiger partial charge in [-0.1, -0.05) is 12.2 Å². The van der Waals surface area contributed by atoms with E-state index >= 15 is 0 Å². The zero-order chi connectivity index (χ0) is 16.2. The van der Waals surface area contributed by atoms with Gasteiger partial charge in [-0.15, -0.1) is 0 Å². The van der Waals surface area contributed by atoms with Crippen LogP contribution >= 0.6 is 0 Å². The molecule has 1 fully saturated rings. The number of anilines is 1. The minimum atomic E-state index is -0.993. The molecular formula is C17H23N3O2S. The lowest BCUT2D eigenvalue weighted by Gasteiger charge is -2.36. The molecular weight excluding hydrogens is 310 g/mol. The van der Waals surface area contributed by atoms with Gasteiger partial charge in [-0.2, -0.15) is 0 Å². The topological polar surface area (TPSA) is 52.7 Å². The molecule has 0 aliphatic carbocycles. The van der Waals surface area contributed by atoms with Crippen LogP contribution in [0.1, 0.15) is 12.8 Å². The number of carbonyl (C=O) groups is 1. The fourth-order valence-corrected chi connectivity index (χ4v) is 3.68. The molecule has 0 aromatic heterocycles. The van der Waals surface area contributed by atoms with E-state index in [0.717, 1.165) is 49.6 Å². The molecule has 124 valence electrons. The third-order valence-electron chi connectivity index (χ3n) is 4.55. The Labute approximate surface area is 139 Å². The zero-order valence-electron chi connectivity index (χ0n) is 13.4. The van der Waals surface area contributed by atoms with Crippen LogP contribution in [-0.2, 0) is 10.8 Å².